The van der Waals surface area contributed by atoms with Gasteiger partial charge in [-0.25, -0.2) is 0 Å². The smallest absolute Gasteiger partial charge is 0.164 e. The van der Waals surface area contributed by atoms with Gasteiger partial charge in [-0.3, -0.25) is 4.79 Å². The van der Waals surface area contributed by atoms with Crippen molar-refractivity contribution in [3.63, 3.8) is 0 Å². The van der Waals surface area contributed by atoms with E-state index in [2.05, 4.69) is 60.7 Å². The number of rotatable bonds is 3. The predicted octanol–water partition coefficient (Wildman–Crippen LogP) is 3.88. The first kappa shape index (κ1) is 13.7. The maximum Gasteiger partial charge on any atom is 0.164 e. The minimum Gasteiger partial charge on any atom is -0.358 e. The van der Waals surface area contributed by atoms with Crippen molar-refractivity contribution in [3.05, 3.63) is 71.8 Å². The van der Waals surface area contributed by atoms with E-state index in [-0.39, 0.29) is 17.3 Å². The summed E-state index contributed by atoms with van der Waals surface area (Å²) in [5.41, 5.74) is 2.14. The molecule has 0 bridgehead atoms. The van der Waals surface area contributed by atoms with Crippen molar-refractivity contribution in [2.24, 2.45) is 0 Å². The summed E-state index contributed by atoms with van der Waals surface area (Å²) >= 11 is 0. The van der Waals surface area contributed by atoms with Crippen LogP contribution in [0.1, 0.15) is 37.3 Å². The predicted molar refractivity (Wildman–Crippen MR) is 85.8 cm³/mol. The van der Waals surface area contributed by atoms with Crippen LogP contribution < -0.4 is 0 Å². The molecule has 22 heavy (non-hydrogen) atoms. The number of benzene rings is 2. The molecule has 1 saturated heterocycles. The molecule has 112 valence electrons. The van der Waals surface area contributed by atoms with Crippen molar-refractivity contribution in [3.8, 4) is 0 Å². The van der Waals surface area contributed by atoms with Crippen molar-refractivity contribution in [2.45, 2.75) is 43.3 Å². The zero-order valence-corrected chi connectivity index (χ0v) is 12.8. The highest BCUT2D eigenvalue weighted by Crippen LogP contribution is 2.57. The number of carbonyl (C=O) groups is 1. The Hall–Kier alpha value is -1.93. The number of Topliss-reactive ketones (excluding diaryl/α,β-unsaturated/α-hetero) is 1. The van der Waals surface area contributed by atoms with E-state index in [1.54, 1.807) is 6.92 Å². The van der Waals surface area contributed by atoms with Crippen molar-refractivity contribution >= 4 is 5.78 Å². The second-order valence-corrected chi connectivity index (χ2v) is 6.57. The Morgan fingerprint density at radius 3 is 1.95 bits per heavy atom. The summed E-state index contributed by atoms with van der Waals surface area (Å²) in [5, 5.41) is 0. The SMILES string of the molecule is CC(=O)[C@@]12CCC(c3ccccc3)(c3ccccc3)C[C@@H]1O2. The Balaban J connectivity index is 1.78. The van der Waals surface area contributed by atoms with Gasteiger partial charge in [0.15, 0.2) is 11.4 Å². The summed E-state index contributed by atoms with van der Waals surface area (Å²) in [5.74, 6) is 0.187. The molecule has 0 spiro atoms. The molecule has 2 aromatic carbocycles. The molecule has 0 N–H and O–H groups in total. The number of hydrogen-bond donors (Lipinski definition) is 0. The molecule has 1 aliphatic carbocycles. The number of epoxide rings is 1. The van der Waals surface area contributed by atoms with Gasteiger partial charge in [-0.05, 0) is 37.3 Å². The second kappa shape index (κ2) is 4.79. The van der Waals surface area contributed by atoms with E-state index in [1.807, 2.05) is 0 Å². The maximum absolute atomic E-state index is 11.9. The summed E-state index contributed by atoms with van der Waals surface area (Å²) in [6.45, 7) is 1.66. The first-order chi connectivity index (χ1) is 10.7. The van der Waals surface area contributed by atoms with Crippen LogP contribution in [-0.2, 0) is 14.9 Å². The molecular formula is C20H20O2. The van der Waals surface area contributed by atoms with Crippen molar-refractivity contribution < 1.29 is 9.53 Å². The third-order valence-electron chi connectivity index (χ3n) is 5.52. The van der Waals surface area contributed by atoms with Crippen LogP contribution in [0.4, 0.5) is 0 Å². The van der Waals surface area contributed by atoms with E-state index in [0.29, 0.717) is 0 Å². The fraction of sp³-hybridized carbons (Fsp3) is 0.350. The van der Waals surface area contributed by atoms with E-state index in [4.69, 9.17) is 4.74 Å². The van der Waals surface area contributed by atoms with Crippen LogP contribution >= 0.6 is 0 Å². The van der Waals surface area contributed by atoms with Crippen LogP contribution in [0.15, 0.2) is 60.7 Å². The van der Waals surface area contributed by atoms with Crippen molar-refractivity contribution in [2.75, 3.05) is 0 Å². The molecule has 4 rings (SSSR count). The van der Waals surface area contributed by atoms with E-state index >= 15 is 0 Å². The monoisotopic (exact) mass is 292 g/mol. The molecule has 0 radical (unpaired) electrons. The van der Waals surface area contributed by atoms with Gasteiger partial charge in [0, 0.05) is 5.41 Å². The largest absolute Gasteiger partial charge is 0.358 e. The number of carbonyl (C=O) groups excluding carboxylic acids is 1. The molecule has 1 heterocycles. The lowest BCUT2D eigenvalue weighted by atomic mass is 9.62. The zero-order chi connectivity index (χ0) is 15.2. The second-order valence-electron chi connectivity index (χ2n) is 6.57. The average molecular weight is 292 g/mol. The quantitative estimate of drug-likeness (QED) is 0.803. The minimum absolute atomic E-state index is 0.0391. The van der Waals surface area contributed by atoms with Crippen LogP contribution in [0.2, 0.25) is 0 Å². The van der Waals surface area contributed by atoms with Crippen LogP contribution in [0, 0.1) is 0 Å². The first-order valence-electron chi connectivity index (χ1n) is 7.97. The molecule has 1 aliphatic heterocycles. The number of ketones is 1. The molecule has 0 unspecified atom stereocenters. The standard InChI is InChI=1S/C20H20O2/c1-15(21)20-13-12-19(14-18(20)22-20,16-8-4-2-5-9-16)17-10-6-3-7-11-17/h2-11,18H,12-14H2,1H3/t18-,20-/m0/s1. The van der Waals surface area contributed by atoms with Gasteiger partial charge in [-0.1, -0.05) is 60.7 Å². The summed E-state index contributed by atoms with van der Waals surface area (Å²) in [4.78, 5) is 11.9. The van der Waals surface area contributed by atoms with Gasteiger partial charge in [0.2, 0.25) is 0 Å². The van der Waals surface area contributed by atoms with Gasteiger partial charge in [0.25, 0.3) is 0 Å². The molecule has 2 heteroatoms. The molecule has 2 aliphatic rings. The van der Waals surface area contributed by atoms with Crippen molar-refractivity contribution in [1.82, 2.24) is 0 Å². The molecule has 2 atom stereocenters. The molecule has 2 fully saturated rings. The number of ether oxygens (including phenoxy) is 1. The molecule has 2 nitrogen and oxygen atoms in total. The van der Waals surface area contributed by atoms with E-state index in [1.165, 1.54) is 11.1 Å². The van der Waals surface area contributed by atoms with Crippen molar-refractivity contribution in [1.29, 1.82) is 0 Å². The van der Waals surface area contributed by atoms with Crippen LogP contribution in [0.3, 0.4) is 0 Å². The highest BCUT2D eigenvalue weighted by Gasteiger charge is 2.65. The van der Waals surface area contributed by atoms with E-state index in [9.17, 15) is 4.79 Å². The van der Waals surface area contributed by atoms with Gasteiger partial charge in [-0.15, -0.1) is 0 Å². The summed E-state index contributed by atoms with van der Waals surface area (Å²) in [6, 6.07) is 21.3. The highest BCUT2D eigenvalue weighted by atomic mass is 16.6. The van der Waals surface area contributed by atoms with E-state index < -0.39 is 5.60 Å². The van der Waals surface area contributed by atoms with Crippen LogP contribution in [0.25, 0.3) is 0 Å². The maximum atomic E-state index is 11.9. The fourth-order valence-corrected chi connectivity index (χ4v) is 4.16. The zero-order valence-electron chi connectivity index (χ0n) is 12.8. The van der Waals surface area contributed by atoms with Gasteiger partial charge in [0.1, 0.15) is 0 Å². The molecular weight excluding hydrogens is 272 g/mol. The summed E-state index contributed by atoms with van der Waals surface area (Å²) in [6.07, 6.45) is 2.73. The summed E-state index contributed by atoms with van der Waals surface area (Å²) < 4.78 is 5.88. The fourth-order valence-electron chi connectivity index (χ4n) is 4.16. The van der Waals surface area contributed by atoms with Crippen LogP contribution in [0.5, 0.6) is 0 Å². The van der Waals surface area contributed by atoms with Gasteiger partial charge >= 0.3 is 0 Å². The minimum atomic E-state index is -0.479. The normalized spacial score (nSPS) is 28.7. The van der Waals surface area contributed by atoms with Crippen LogP contribution in [-0.4, -0.2) is 17.5 Å². The van der Waals surface area contributed by atoms with E-state index in [0.717, 1.165) is 19.3 Å². The molecule has 0 amide bonds. The Morgan fingerprint density at radius 2 is 1.50 bits per heavy atom. The lowest BCUT2D eigenvalue weighted by molar-refractivity contribution is -0.122. The lowest BCUT2D eigenvalue weighted by Gasteiger charge is -2.38. The lowest BCUT2D eigenvalue weighted by Crippen LogP contribution is -2.40. The third-order valence-corrected chi connectivity index (χ3v) is 5.52. The average Bonchev–Trinajstić information content (AvgIpc) is 3.31. The number of hydrogen-bond acceptors (Lipinski definition) is 2. The Labute approximate surface area is 131 Å². The highest BCUT2D eigenvalue weighted by molar-refractivity contribution is 5.88. The van der Waals surface area contributed by atoms with Gasteiger partial charge < -0.3 is 4.74 Å². The Bertz CT molecular complexity index is 653. The summed E-state index contributed by atoms with van der Waals surface area (Å²) in [7, 11) is 0. The number of fused-ring (bicyclic) bond motifs is 1. The first-order valence-corrected chi connectivity index (χ1v) is 7.97. The van der Waals surface area contributed by atoms with Gasteiger partial charge in [-0.2, -0.15) is 0 Å². The third kappa shape index (κ3) is 1.87. The molecule has 0 aromatic heterocycles. The molecule has 2 aromatic rings. The Morgan fingerprint density at radius 1 is 0.955 bits per heavy atom. The van der Waals surface area contributed by atoms with Gasteiger partial charge in [0.05, 0.1) is 6.10 Å². The topological polar surface area (TPSA) is 29.6 Å². The Kier molecular flexibility index (Phi) is 2.98. The molecule has 1 saturated carbocycles.